The summed E-state index contributed by atoms with van der Waals surface area (Å²) in [6.07, 6.45) is 3.03. The first-order chi connectivity index (χ1) is 14.5. The molecule has 2 aromatic rings. The number of anilines is 2. The molecule has 2 heterocycles. The van der Waals surface area contributed by atoms with Crippen molar-refractivity contribution in [2.45, 2.75) is 29.4 Å². The number of likely N-dealkylation sites (tertiary alicyclic amines) is 1. The van der Waals surface area contributed by atoms with E-state index in [1.807, 2.05) is 18.2 Å². The highest BCUT2D eigenvalue weighted by atomic mass is 35.5. The minimum Gasteiger partial charge on any atom is -0.341 e. The molecule has 2 aliphatic rings. The zero-order chi connectivity index (χ0) is 21.1. The van der Waals surface area contributed by atoms with Gasteiger partial charge in [0.1, 0.15) is 6.54 Å². The third-order valence-electron chi connectivity index (χ3n) is 5.21. The lowest BCUT2D eigenvalue weighted by molar-refractivity contribution is -0.135. The molecule has 0 spiro atoms. The molecule has 1 atom stereocenters. The highest BCUT2D eigenvalue weighted by molar-refractivity contribution is 8.01. The van der Waals surface area contributed by atoms with Gasteiger partial charge in [-0.15, -0.1) is 11.8 Å². The molecule has 156 valence electrons. The second-order valence-corrected chi connectivity index (χ2v) is 8.91. The highest BCUT2D eigenvalue weighted by Crippen LogP contribution is 2.40. The average molecular weight is 444 g/mol. The predicted octanol–water partition coefficient (Wildman–Crippen LogP) is 3.80. The van der Waals surface area contributed by atoms with Crippen LogP contribution >= 0.6 is 23.4 Å². The number of amides is 3. The second kappa shape index (κ2) is 9.10. The quantitative estimate of drug-likeness (QED) is 0.730. The fourth-order valence-electron chi connectivity index (χ4n) is 3.69. The summed E-state index contributed by atoms with van der Waals surface area (Å²) in [5.41, 5.74) is 1.25. The van der Waals surface area contributed by atoms with Gasteiger partial charge in [0.25, 0.3) is 5.91 Å². The summed E-state index contributed by atoms with van der Waals surface area (Å²) in [4.78, 5) is 43.0. The number of halogens is 1. The lowest BCUT2D eigenvalue weighted by atomic mass is 10.1. The van der Waals surface area contributed by atoms with Crippen LogP contribution in [-0.2, 0) is 14.4 Å². The van der Waals surface area contributed by atoms with E-state index in [1.165, 1.54) is 16.7 Å². The van der Waals surface area contributed by atoms with Crippen LogP contribution in [0.15, 0.2) is 53.4 Å². The Labute approximate surface area is 184 Å². The van der Waals surface area contributed by atoms with Crippen molar-refractivity contribution in [1.82, 2.24) is 4.90 Å². The van der Waals surface area contributed by atoms with E-state index in [9.17, 15) is 14.4 Å². The number of nitrogens with zero attached hydrogens (tertiary/aromatic N) is 2. The lowest BCUT2D eigenvalue weighted by Crippen LogP contribution is -2.52. The van der Waals surface area contributed by atoms with Crippen LogP contribution < -0.4 is 10.2 Å². The molecule has 4 rings (SSSR count). The van der Waals surface area contributed by atoms with E-state index in [1.54, 1.807) is 35.2 Å². The molecule has 30 heavy (non-hydrogen) atoms. The van der Waals surface area contributed by atoms with Gasteiger partial charge < -0.3 is 15.1 Å². The Bertz CT molecular complexity index is 960. The van der Waals surface area contributed by atoms with Crippen molar-refractivity contribution in [2.75, 3.05) is 29.9 Å². The molecule has 0 aromatic heterocycles. The molecule has 2 aliphatic heterocycles. The number of benzene rings is 2. The first kappa shape index (κ1) is 20.8. The molecular weight excluding hydrogens is 422 g/mol. The number of rotatable bonds is 4. The van der Waals surface area contributed by atoms with Crippen molar-refractivity contribution >= 4 is 52.5 Å². The minimum atomic E-state index is -0.860. The van der Waals surface area contributed by atoms with E-state index in [-0.39, 0.29) is 24.3 Å². The van der Waals surface area contributed by atoms with Crippen molar-refractivity contribution in [2.24, 2.45) is 0 Å². The van der Waals surface area contributed by atoms with E-state index in [4.69, 9.17) is 11.6 Å². The largest absolute Gasteiger partial charge is 0.341 e. The van der Waals surface area contributed by atoms with Gasteiger partial charge in [-0.25, -0.2) is 0 Å². The van der Waals surface area contributed by atoms with E-state index in [2.05, 4.69) is 5.32 Å². The highest BCUT2D eigenvalue weighted by Gasteiger charge is 2.40. The SMILES string of the molecule is O=C(CN1C(=O)[C@@H](C(=O)N2CCCCC2)Sc2ccccc21)Nc1ccc(Cl)cc1. The monoisotopic (exact) mass is 443 g/mol. The number of hydrogen-bond donors (Lipinski definition) is 1. The molecular formula is C22H22ClN3O3S. The third kappa shape index (κ3) is 4.47. The summed E-state index contributed by atoms with van der Waals surface area (Å²) in [7, 11) is 0. The van der Waals surface area contributed by atoms with E-state index in [0.717, 1.165) is 24.2 Å². The summed E-state index contributed by atoms with van der Waals surface area (Å²) >= 11 is 7.16. The Morgan fingerprint density at radius 3 is 2.47 bits per heavy atom. The number of carbonyl (C=O) groups is 3. The number of thioether (sulfide) groups is 1. The van der Waals surface area contributed by atoms with E-state index >= 15 is 0 Å². The topological polar surface area (TPSA) is 69.7 Å². The van der Waals surface area contributed by atoms with Crippen LogP contribution in [0.2, 0.25) is 5.02 Å². The van der Waals surface area contributed by atoms with Gasteiger partial charge in [0.2, 0.25) is 11.8 Å². The molecule has 1 fully saturated rings. The van der Waals surface area contributed by atoms with Crippen molar-refractivity contribution in [3.63, 3.8) is 0 Å². The molecule has 0 aliphatic carbocycles. The van der Waals surface area contributed by atoms with Crippen LogP contribution in [0.4, 0.5) is 11.4 Å². The Kier molecular flexibility index (Phi) is 6.29. The Balaban J connectivity index is 1.54. The molecule has 0 unspecified atom stereocenters. The first-order valence-electron chi connectivity index (χ1n) is 9.94. The fourth-order valence-corrected chi connectivity index (χ4v) is 5.01. The first-order valence-corrected chi connectivity index (χ1v) is 11.2. The standard InChI is InChI=1S/C22H22ClN3O3S/c23-15-8-10-16(11-9-15)24-19(27)14-26-17-6-2-3-7-18(17)30-20(22(26)29)21(28)25-12-4-1-5-13-25/h2-3,6-11,20H,1,4-5,12-14H2,(H,24,27)/t20-/m1/s1. The summed E-state index contributed by atoms with van der Waals surface area (Å²) in [6.45, 7) is 1.20. The van der Waals surface area contributed by atoms with Crippen LogP contribution in [0.1, 0.15) is 19.3 Å². The molecule has 2 aromatic carbocycles. The zero-order valence-corrected chi connectivity index (χ0v) is 17.9. The van der Waals surface area contributed by atoms with Gasteiger partial charge in [-0.2, -0.15) is 0 Å². The van der Waals surface area contributed by atoms with Gasteiger partial charge in [0.15, 0.2) is 5.25 Å². The van der Waals surface area contributed by atoms with Gasteiger partial charge in [-0.3, -0.25) is 14.4 Å². The number of fused-ring (bicyclic) bond motifs is 1. The molecule has 1 N–H and O–H groups in total. The third-order valence-corrected chi connectivity index (χ3v) is 6.70. The number of hydrogen-bond acceptors (Lipinski definition) is 4. The maximum absolute atomic E-state index is 13.3. The van der Waals surface area contributed by atoms with Crippen molar-refractivity contribution in [1.29, 1.82) is 0 Å². The molecule has 3 amide bonds. The fraction of sp³-hybridized carbons (Fsp3) is 0.318. The molecule has 8 heteroatoms. The summed E-state index contributed by atoms with van der Waals surface area (Å²) in [5, 5.41) is 2.50. The lowest BCUT2D eigenvalue weighted by Gasteiger charge is -2.36. The number of para-hydroxylation sites is 1. The van der Waals surface area contributed by atoms with Crippen LogP contribution in [-0.4, -0.2) is 47.5 Å². The minimum absolute atomic E-state index is 0.164. The van der Waals surface area contributed by atoms with Gasteiger partial charge in [-0.05, 0) is 55.7 Å². The number of piperidine rings is 1. The molecule has 0 radical (unpaired) electrons. The summed E-state index contributed by atoms with van der Waals surface area (Å²) in [5.74, 6) is -0.848. The summed E-state index contributed by atoms with van der Waals surface area (Å²) in [6, 6.07) is 14.1. The molecule has 1 saturated heterocycles. The van der Waals surface area contributed by atoms with Crippen LogP contribution in [0, 0.1) is 0 Å². The Hall–Kier alpha value is -2.51. The molecule has 0 saturated carbocycles. The number of carbonyl (C=O) groups excluding carboxylic acids is 3. The van der Waals surface area contributed by atoms with Crippen LogP contribution in [0.3, 0.4) is 0 Å². The van der Waals surface area contributed by atoms with Gasteiger partial charge in [0, 0.05) is 28.7 Å². The maximum Gasteiger partial charge on any atom is 0.250 e. The second-order valence-electron chi connectivity index (χ2n) is 7.33. The van der Waals surface area contributed by atoms with Crippen LogP contribution in [0.5, 0.6) is 0 Å². The van der Waals surface area contributed by atoms with Crippen molar-refractivity contribution < 1.29 is 14.4 Å². The zero-order valence-electron chi connectivity index (χ0n) is 16.3. The molecule has 0 bridgehead atoms. The van der Waals surface area contributed by atoms with Gasteiger partial charge >= 0.3 is 0 Å². The number of nitrogens with one attached hydrogen (secondary N) is 1. The van der Waals surface area contributed by atoms with Crippen molar-refractivity contribution in [3.05, 3.63) is 53.6 Å². The van der Waals surface area contributed by atoms with E-state index < -0.39 is 5.25 Å². The van der Waals surface area contributed by atoms with Gasteiger partial charge in [0.05, 0.1) is 5.69 Å². The average Bonchev–Trinajstić information content (AvgIpc) is 2.77. The smallest absolute Gasteiger partial charge is 0.250 e. The Morgan fingerprint density at radius 1 is 1.03 bits per heavy atom. The van der Waals surface area contributed by atoms with Crippen LogP contribution in [0.25, 0.3) is 0 Å². The normalized spacial score (nSPS) is 18.7. The van der Waals surface area contributed by atoms with E-state index in [0.29, 0.717) is 29.5 Å². The molecule has 6 nitrogen and oxygen atoms in total. The predicted molar refractivity (Wildman–Crippen MR) is 119 cm³/mol. The van der Waals surface area contributed by atoms with Crippen molar-refractivity contribution in [3.8, 4) is 0 Å². The maximum atomic E-state index is 13.3. The summed E-state index contributed by atoms with van der Waals surface area (Å²) < 4.78 is 0. The van der Waals surface area contributed by atoms with Gasteiger partial charge in [-0.1, -0.05) is 23.7 Å². The Morgan fingerprint density at radius 2 is 1.73 bits per heavy atom.